The van der Waals surface area contributed by atoms with Crippen LogP contribution in [0.2, 0.25) is 0 Å². The van der Waals surface area contributed by atoms with Gasteiger partial charge < -0.3 is 25.4 Å². The maximum absolute atomic E-state index is 13.7. The standard InChI is InChI=1S/C26H43N3O5/c1-9-11-14-27-23(31)22(20-13-12-17(3)18(4)15-20)29(19(5)10-2)24(32)21(16-30)28-25(33)34-26(6,7)8/h12-13,15,19,21-22,30H,9-11,14,16H2,1-8H3,(H,27,31)(H,28,33). The van der Waals surface area contributed by atoms with Crippen LogP contribution in [-0.2, 0) is 14.3 Å². The smallest absolute Gasteiger partial charge is 0.408 e. The second-order valence-corrected chi connectivity index (χ2v) is 9.77. The minimum Gasteiger partial charge on any atom is -0.444 e. The van der Waals surface area contributed by atoms with E-state index in [2.05, 4.69) is 10.6 Å². The quantitative estimate of drug-likeness (QED) is 0.421. The van der Waals surface area contributed by atoms with Gasteiger partial charge >= 0.3 is 6.09 Å². The summed E-state index contributed by atoms with van der Waals surface area (Å²) < 4.78 is 5.26. The second kappa shape index (κ2) is 13.3. The number of aryl methyl sites for hydroxylation is 2. The number of alkyl carbamates (subject to hydrolysis) is 1. The first-order valence-corrected chi connectivity index (χ1v) is 12.1. The summed E-state index contributed by atoms with van der Waals surface area (Å²) in [6.45, 7) is 14.8. The van der Waals surface area contributed by atoms with Gasteiger partial charge in [-0.15, -0.1) is 0 Å². The Morgan fingerprint density at radius 3 is 2.26 bits per heavy atom. The Morgan fingerprint density at radius 1 is 1.12 bits per heavy atom. The van der Waals surface area contributed by atoms with Crippen LogP contribution in [0, 0.1) is 13.8 Å². The van der Waals surface area contributed by atoms with E-state index in [0.717, 1.165) is 24.0 Å². The van der Waals surface area contributed by atoms with Crippen LogP contribution in [0.1, 0.15) is 83.5 Å². The number of amides is 3. The molecule has 8 heteroatoms. The molecule has 34 heavy (non-hydrogen) atoms. The number of nitrogens with zero attached hydrogens (tertiary/aromatic N) is 1. The molecule has 3 atom stereocenters. The van der Waals surface area contributed by atoms with E-state index in [4.69, 9.17) is 4.74 Å². The van der Waals surface area contributed by atoms with Crippen molar-refractivity contribution in [1.29, 1.82) is 0 Å². The van der Waals surface area contributed by atoms with Gasteiger partial charge in [-0.2, -0.15) is 0 Å². The largest absolute Gasteiger partial charge is 0.444 e. The Bertz CT molecular complexity index is 834. The third-order valence-electron chi connectivity index (χ3n) is 5.69. The highest BCUT2D eigenvalue weighted by molar-refractivity contribution is 5.92. The molecule has 0 aromatic heterocycles. The zero-order valence-electron chi connectivity index (χ0n) is 22.0. The molecule has 0 spiro atoms. The number of aliphatic hydroxyl groups is 1. The molecule has 0 heterocycles. The van der Waals surface area contributed by atoms with Crippen LogP contribution in [0.5, 0.6) is 0 Å². The van der Waals surface area contributed by atoms with E-state index in [9.17, 15) is 19.5 Å². The molecule has 192 valence electrons. The van der Waals surface area contributed by atoms with Crippen LogP contribution in [0.15, 0.2) is 18.2 Å². The van der Waals surface area contributed by atoms with Gasteiger partial charge in [-0.05, 0) is 71.1 Å². The van der Waals surface area contributed by atoms with Crippen LogP contribution in [-0.4, -0.2) is 58.8 Å². The molecule has 0 saturated heterocycles. The number of ether oxygens (including phenoxy) is 1. The minimum atomic E-state index is -1.25. The number of hydrogen-bond acceptors (Lipinski definition) is 5. The van der Waals surface area contributed by atoms with Crippen LogP contribution in [0.3, 0.4) is 0 Å². The Morgan fingerprint density at radius 2 is 1.76 bits per heavy atom. The van der Waals surface area contributed by atoms with E-state index in [1.165, 1.54) is 4.90 Å². The summed E-state index contributed by atoms with van der Waals surface area (Å²) in [5.41, 5.74) is 2.01. The van der Waals surface area contributed by atoms with Gasteiger partial charge in [0.05, 0.1) is 6.61 Å². The lowest BCUT2D eigenvalue weighted by Gasteiger charge is -2.38. The predicted molar refractivity (Wildman–Crippen MR) is 133 cm³/mol. The SMILES string of the molecule is CCCCNC(=O)C(c1ccc(C)c(C)c1)N(C(=O)C(CO)NC(=O)OC(C)(C)C)C(C)CC. The number of carbonyl (C=O) groups is 3. The van der Waals surface area contributed by atoms with Crippen molar-refractivity contribution in [2.45, 2.75) is 98.4 Å². The Balaban J connectivity index is 3.42. The second-order valence-electron chi connectivity index (χ2n) is 9.77. The molecule has 3 unspecified atom stereocenters. The lowest BCUT2D eigenvalue weighted by Crippen LogP contribution is -2.56. The monoisotopic (exact) mass is 477 g/mol. The maximum Gasteiger partial charge on any atom is 0.408 e. The van der Waals surface area contributed by atoms with Crippen LogP contribution in [0.4, 0.5) is 4.79 Å². The Kier molecular flexibility index (Phi) is 11.5. The lowest BCUT2D eigenvalue weighted by atomic mass is 9.96. The average molecular weight is 478 g/mol. The van der Waals surface area contributed by atoms with Gasteiger partial charge in [-0.3, -0.25) is 9.59 Å². The van der Waals surface area contributed by atoms with E-state index in [1.807, 2.05) is 52.8 Å². The average Bonchev–Trinajstić information content (AvgIpc) is 2.75. The molecule has 3 amide bonds. The fraction of sp³-hybridized carbons (Fsp3) is 0.654. The fourth-order valence-corrected chi connectivity index (χ4v) is 3.47. The molecule has 0 aliphatic heterocycles. The van der Waals surface area contributed by atoms with Crippen molar-refractivity contribution in [3.8, 4) is 0 Å². The molecular formula is C26H43N3O5. The zero-order valence-corrected chi connectivity index (χ0v) is 22.0. The van der Waals surface area contributed by atoms with Gasteiger partial charge in [0.15, 0.2) is 0 Å². The number of nitrogens with one attached hydrogen (secondary N) is 2. The van der Waals surface area contributed by atoms with E-state index in [-0.39, 0.29) is 11.9 Å². The number of benzene rings is 1. The molecule has 8 nitrogen and oxygen atoms in total. The molecule has 0 fully saturated rings. The summed E-state index contributed by atoms with van der Waals surface area (Å²) in [5.74, 6) is -0.837. The van der Waals surface area contributed by atoms with Gasteiger partial charge in [0.1, 0.15) is 17.7 Å². The van der Waals surface area contributed by atoms with Crippen molar-refractivity contribution in [1.82, 2.24) is 15.5 Å². The normalized spacial score (nSPS) is 14.0. The van der Waals surface area contributed by atoms with Gasteiger partial charge in [0.25, 0.3) is 0 Å². The molecule has 1 aromatic rings. The highest BCUT2D eigenvalue weighted by Crippen LogP contribution is 2.27. The van der Waals surface area contributed by atoms with Gasteiger partial charge in [-0.1, -0.05) is 38.5 Å². The van der Waals surface area contributed by atoms with Gasteiger partial charge in [-0.25, -0.2) is 4.79 Å². The molecule has 1 aromatic carbocycles. The van der Waals surface area contributed by atoms with E-state index in [1.54, 1.807) is 20.8 Å². The molecule has 3 N–H and O–H groups in total. The summed E-state index contributed by atoms with van der Waals surface area (Å²) in [7, 11) is 0. The number of aliphatic hydroxyl groups excluding tert-OH is 1. The van der Waals surface area contributed by atoms with Crippen molar-refractivity contribution in [2.75, 3.05) is 13.2 Å². The number of rotatable bonds is 11. The predicted octanol–water partition coefficient (Wildman–Crippen LogP) is 3.77. The Hall–Kier alpha value is -2.61. The van der Waals surface area contributed by atoms with Crippen LogP contribution < -0.4 is 10.6 Å². The molecular weight excluding hydrogens is 434 g/mol. The third-order valence-corrected chi connectivity index (χ3v) is 5.69. The third kappa shape index (κ3) is 8.63. The minimum absolute atomic E-state index is 0.292. The van der Waals surface area contributed by atoms with Crippen LogP contribution >= 0.6 is 0 Å². The number of unbranched alkanes of at least 4 members (excludes halogenated alkanes) is 1. The first-order valence-electron chi connectivity index (χ1n) is 12.1. The molecule has 0 aliphatic carbocycles. The zero-order chi connectivity index (χ0) is 26.1. The highest BCUT2D eigenvalue weighted by atomic mass is 16.6. The number of hydrogen-bond donors (Lipinski definition) is 3. The molecule has 0 aliphatic rings. The number of carbonyl (C=O) groups excluding carboxylic acids is 3. The van der Waals surface area contributed by atoms with Crippen molar-refractivity contribution in [2.24, 2.45) is 0 Å². The van der Waals surface area contributed by atoms with Gasteiger partial charge in [0.2, 0.25) is 11.8 Å². The fourth-order valence-electron chi connectivity index (χ4n) is 3.47. The molecule has 0 bridgehead atoms. The van der Waals surface area contributed by atoms with E-state index >= 15 is 0 Å². The summed E-state index contributed by atoms with van der Waals surface area (Å²) in [6.07, 6.45) is 1.52. The summed E-state index contributed by atoms with van der Waals surface area (Å²) in [4.78, 5) is 40.9. The molecule has 0 saturated carbocycles. The van der Waals surface area contributed by atoms with Crippen molar-refractivity contribution < 1.29 is 24.2 Å². The van der Waals surface area contributed by atoms with Crippen molar-refractivity contribution in [3.63, 3.8) is 0 Å². The lowest BCUT2D eigenvalue weighted by molar-refractivity contribution is -0.145. The first-order chi connectivity index (χ1) is 15.9. The first kappa shape index (κ1) is 29.4. The molecule has 1 rings (SSSR count). The van der Waals surface area contributed by atoms with Crippen molar-refractivity contribution in [3.05, 3.63) is 34.9 Å². The summed E-state index contributed by atoms with van der Waals surface area (Å²) in [6, 6.07) is 3.21. The maximum atomic E-state index is 13.7. The topological polar surface area (TPSA) is 108 Å². The van der Waals surface area contributed by atoms with E-state index in [0.29, 0.717) is 18.5 Å². The highest BCUT2D eigenvalue weighted by Gasteiger charge is 2.38. The van der Waals surface area contributed by atoms with Crippen molar-refractivity contribution >= 4 is 17.9 Å². The van der Waals surface area contributed by atoms with Gasteiger partial charge in [0, 0.05) is 12.6 Å². The summed E-state index contributed by atoms with van der Waals surface area (Å²) >= 11 is 0. The summed E-state index contributed by atoms with van der Waals surface area (Å²) in [5, 5.41) is 15.4. The Labute approximate surface area is 204 Å². The molecule has 0 radical (unpaired) electrons. The van der Waals surface area contributed by atoms with E-state index < -0.39 is 36.3 Å². The van der Waals surface area contributed by atoms with Crippen LogP contribution in [0.25, 0.3) is 0 Å².